The molecule has 3 aromatic rings. The zero-order chi connectivity index (χ0) is 15.3. The Kier molecular flexibility index (Phi) is 2.56. The Hall–Kier alpha value is -3.08. The minimum atomic E-state index is -0.165. The van der Waals surface area contributed by atoms with Crippen molar-refractivity contribution < 1.29 is 14.3 Å². The lowest BCUT2D eigenvalue weighted by Crippen LogP contribution is -2.19. The van der Waals surface area contributed by atoms with Gasteiger partial charge in [-0.25, -0.2) is 0 Å². The average molecular weight is 292 g/mol. The number of carbonyl (C=O) groups is 2. The minimum absolute atomic E-state index is 0.161. The lowest BCUT2D eigenvalue weighted by molar-refractivity contribution is 0.0975. The van der Waals surface area contributed by atoms with Crippen LogP contribution >= 0.6 is 0 Å². The van der Waals surface area contributed by atoms with Crippen LogP contribution in [0.5, 0.6) is 5.75 Å². The zero-order valence-corrected chi connectivity index (χ0v) is 11.8. The number of carbonyl (C=O) groups excluding carboxylic acids is 2. The highest BCUT2D eigenvalue weighted by Gasteiger charge is 2.34. The summed E-state index contributed by atoms with van der Waals surface area (Å²) in [4.78, 5) is 30.9. The van der Waals surface area contributed by atoms with Crippen LogP contribution in [0.3, 0.4) is 0 Å². The van der Waals surface area contributed by atoms with Crippen LogP contribution in [-0.2, 0) is 0 Å². The summed E-state index contributed by atoms with van der Waals surface area (Å²) in [5.41, 5.74) is 3.12. The molecule has 5 heteroatoms. The molecule has 0 aliphatic heterocycles. The van der Waals surface area contributed by atoms with Gasteiger partial charge in [-0.05, 0) is 23.8 Å². The highest BCUT2D eigenvalue weighted by molar-refractivity contribution is 6.29. The number of hydrogen-bond acceptors (Lipinski definition) is 3. The molecule has 22 heavy (non-hydrogen) atoms. The van der Waals surface area contributed by atoms with Crippen LogP contribution in [0.1, 0.15) is 32.1 Å². The summed E-state index contributed by atoms with van der Waals surface area (Å²) in [6.45, 7) is 0. The van der Waals surface area contributed by atoms with Gasteiger partial charge in [0, 0.05) is 18.0 Å². The predicted octanol–water partition coefficient (Wildman–Crippen LogP) is 2.79. The van der Waals surface area contributed by atoms with E-state index >= 15 is 0 Å². The fourth-order valence-corrected chi connectivity index (χ4v) is 2.84. The van der Waals surface area contributed by atoms with E-state index in [1.54, 1.807) is 25.6 Å². The number of aromatic amines is 2. The van der Waals surface area contributed by atoms with E-state index in [0.717, 1.165) is 16.9 Å². The fraction of sp³-hybridized carbons (Fsp3) is 0.0588. The van der Waals surface area contributed by atoms with Crippen LogP contribution in [0.15, 0.2) is 42.7 Å². The molecule has 0 atom stereocenters. The Morgan fingerprint density at radius 1 is 0.864 bits per heavy atom. The van der Waals surface area contributed by atoms with Crippen molar-refractivity contribution in [3.05, 3.63) is 65.2 Å². The van der Waals surface area contributed by atoms with Crippen molar-refractivity contribution in [2.45, 2.75) is 0 Å². The van der Waals surface area contributed by atoms with Gasteiger partial charge in [-0.15, -0.1) is 0 Å². The summed E-state index contributed by atoms with van der Waals surface area (Å²) in [5.74, 6) is 0.412. The first-order valence-electron chi connectivity index (χ1n) is 6.83. The van der Waals surface area contributed by atoms with E-state index < -0.39 is 0 Å². The predicted molar refractivity (Wildman–Crippen MR) is 80.4 cm³/mol. The summed E-state index contributed by atoms with van der Waals surface area (Å²) in [6.07, 6.45) is 3.31. The summed E-state index contributed by atoms with van der Waals surface area (Å²) in [5, 5.41) is 0. The number of methoxy groups -OCH3 is 1. The molecule has 4 rings (SSSR count). The molecule has 0 fully saturated rings. The van der Waals surface area contributed by atoms with Crippen LogP contribution < -0.4 is 4.74 Å². The fourth-order valence-electron chi connectivity index (χ4n) is 2.84. The number of nitrogens with one attached hydrogen (secondary N) is 2. The number of ketones is 2. The van der Waals surface area contributed by atoms with Crippen molar-refractivity contribution in [2.75, 3.05) is 7.11 Å². The van der Waals surface area contributed by atoms with Gasteiger partial charge in [0.1, 0.15) is 5.75 Å². The molecule has 1 aromatic carbocycles. The number of H-pyrrole nitrogens is 2. The molecule has 0 unspecified atom stereocenters. The number of rotatable bonds is 2. The van der Waals surface area contributed by atoms with Crippen molar-refractivity contribution in [3.8, 4) is 16.9 Å². The first-order valence-corrected chi connectivity index (χ1v) is 6.83. The third-order valence-corrected chi connectivity index (χ3v) is 3.95. The number of aromatic nitrogens is 2. The Bertz CT molecular complexity index is 900. The molecule has 0 saturated carbocycles. The number of fused-ring (bicyclic) bond motifs is 2. The van der Waals surface area contributed by atoms with Crippen LogP contribution in [0.2, 0.25) is 0 Å². The van der Waals surface area contributed by atoms with Gasteiger partial charge in [0.05, 0.1) is 29.6 Å². The summed E-state index contributed by atoms with van der Waals surface area (Å²) in [6, 6.07) is 9.01. The number of benzene rings is 1. The second kappa shape index (κ2) is 4.46. The van der Waals surface area contributed by atoms with E-state index in [1.807, 2.05) is 24.3 Å². The van der Waals surface area contributed by atoms with E-state index in [4.69, 9.17) is 4.74 Å². The van der Waals surface area contributed by atoms with Crippen molar-refractivity contribution >= 4 is 11.6 Å². The standard InChI is InChI=1S/C17H12N2O3/c1-22-10-4-2-9(3-5-10)12-8-19-15-13(12)17(21)14-11(16(15)20)6-7-18-14/h2-8,18-19H,1H3. The maximum absolute atomic E-state index is 12.7. The number of ether oxygens (including phenoxy) is 1. The molecule has 0 spiro atoms. The smallest absolute Gasteiger partial charge is 0.212 e. The van der Waals surface area contributed by atoms with Crippen LogP contribution in [0, 0.1) is 0 Å². The van der Waals surface area contributed by atoms with E-state index in [9.17, 15) is 9.59 Å². The average Bonchev–Trinajstić information content (AvgIpc) is 3.20. The van der Waals surface area contributed by atoms with Crippen LogP contribution in [0.4, 0.5) is 0 Å². The first-order chi connectivity index (χ1) is 10.7. The van der Waals surface area contributed by atoms with Gasteiger partial charge in [0.25, 0.3) is 0 Å². The monoisotopic (exact) mass is 292 g/mol. The molecule has 1 aliphatic rings. The molecule has 0 amide bonds. The maximum atomic E-state index is 12.7. The normalized spacial score (nSPS) is 13.0. The topological polar surface area (TPSA) is 75.0 Å². The van der Waals surface area contributed by atoms with Crippen LogP contribution in [0.25, 0.3) is 11.1 Å². The third kappa shape index (κ3) is 1.59. The van der Waals surface area contributed by atoms with Gasteiger partial charge in [-0.1, -0.05) is 12.1 Å². The van der Waals surface area contributed by atoms with E-state index in [2.05, 4.69) is 9.97 Å². The van der Waals surface area contributed by atoms with Crippen molar-refractivity contribution in [3.63, 3.8) is 0 Å². The van der Waals surface area contributed by atoms with E-state index in [1.165, 1.54) is 0 Å². The van der Waals surface area contributed by atoms with Gasteiger partial charge >= 0.3 is 0 Å². The van der Waals surface area contributed by atoms with E-state index in [0.29, 0.717) is 22.5 Å². The molecular weight excluding hydrogens is 280 g/mol. The lowest BCUT2D eigenvalue weighted by Gasteiger charge is -2.12. The molecule has 0 bridgehead atoms. The second-order valence-electron chi connectivity index (χ2n) is 5.11. The van der Waals surface area contributed by atoms with Gasteiger partial charge in [-0.2, -0.15) is 0 Å². The molecule has 0 radical (unpaired) electrons. The molecule has 5 nitrogen and oxygen atoms in total. The van der Waals surface area contributed by atoms with Gasteiger partial charge < -0.3 is 14.7 Å². The minimum Gasteiger partial charge on any atom is -0.497 e. The third-order valence-electron chi connectivity index (χ3n) is 3.95. The van der Waals surface area contributed by atoms with Crippen molar-refractivity contribution in [1.29, 1.82) is 0 Å². The first kappa shape index (κ1) is 12.6. The highest BCUT2D eigenvalue weighted by atomic mass is 16.5. The molecule has 2 N–H and O–H groups in total. The van der Waals surface area contributed by atoms with E-state index in [-0.39, 0.29) is 11.6 Å². The molecule has 2 aromatic heterocycles. The van der Waals surface area contributed by atoms with Gasteiger partial charge in [0.15, 0.2) is 0 Å². The van der Waals surface area contributed by atoms with Crippen molar-refractivity contribution in [2.24, 2.45) is 0 Å². The largest absolute Gasteiger partial charge is 0.497 e. The highest BCUT2D eigenvalue weighted by Crippen LogP contribution is 2.34. The Balaban J connectivity index is 1.89. The van der Waals surface area contributed by atoms with Gasteiger partial charge in [0.2, 0.25) is 11.6 Å². The Labute approximate surface area is 125 Å². The van der Waals surface area contributed by atoms with Gasteiger partial charge in [-0.3, -0.25) is 9.59 Å². The zero-order valence-electron chi connectivity index (χ0n) is 11.8. The molecule has 2 heterocycles. The number of hydrogen-bond donors (Lipinski definition) is 2. The molecule has 0 saturated heterocycles. The molecule has 108 valence electrons. The Morgan fingerprint density at radius 2 is 1.64 bits per heavy atom. The maximum Gasteiger partial charge on any atom is 0.212 e. The molecule has 1 aliphatic carbocycles. The summed E-state index contributed by atoms with van der Waals surface area (Å²) < 4.78 is 5.14. The quantitative estimate of drug-likeness (QED) is 0.596. The summed E-state index contributed by atoms with van der Waals surface area (Å²) >= 11 is 0. The second-order valence-corrected chi connectivity index (χ2v) is 5.11. The SMILES string of the molecule is COc1ccc(-c2c[nH]c3c2C(=O)c2[nH]ccc2C3=O)cc1. The van der Waals surface area contributed by atoms with Crippen molar-refractivity contribution in [1.82, 2.24) is 9.97 Å². The molecular formula is C17H12N2O3. The Morgan fingerprint density at radius 3 is 2.36 bits per heavy atom. The van der Waals surface area contributed by atoms with Crippen LogP contribution in [-0.4, -0.2) is 28.6 Å². The lowest BCUT2D eigenvalue weighted by atomic mass is 9.89. The summed E-state index contributed by atoms with van der Waals surface area (Å²) in [7, 11) is 1.60.